The summed E-state index contributed by atoms with van der Waals surface area (Å²) < 4.78 is 0. The molecule has 2 aliphatic carbocycles. The van der Waals surface area contributed by atoms with Crippen LogP contribution in [-0.4, -0.2) is 0 Å². The average molecular weight is 214 g/mol. The van der Waals surface area contributed by atoms with Gasteiger partial charge >= 0.3 is 0 Å². The lowest BCUT2D eigenvalue weighted by molar-refractivity contribution is 0.351. The largest absolute Gasteiger partial charge is 0.0874 e. The molecule has 2 rings (SSSR count). The van der Waals surface area contributed by atoms with E-state index < -0.39 is 0 Å². The van der Waals surface area contributed by atoms with E-state index in [1.807, 2.05) is 0 Å². The van der Waals surface area contributed by atoms with Gasteiger partial charge in [-0.25, -0.2) is 0 Å². The fraction of sp³-hybridized carbons (Fsp3) is 0.500. The number of rotatable bonds is 2. The Hall–Kier alpha value is -1.04. The Morgan fingerprint density at radius 1 is 1.12 bits per heavy atom. The first-order valence-electron chi connectivity index (χ1n) is 6.43. The van der Waals surface area contributed by atoms with Crippen molar-refractivity contribution >= 4 is 0 Å². The second kappa shape index (κ2) is 4.86. The summed E-state index contributed by atoms with van der Waals surface area (Å²) in [6.07, 6.45) is 16.4. The van der Waals surface area contributed by atoms with E-state index in [9.17, 15) is 0 Å². The zero-order chi connectivity index (χ0) is 11.5. The van der Waals surface area contributed by atoms with Crippen molar-refractivity contribution in [1.29, 1.82) is 0 Å². The minimum absolute atomic E-state index is 0.697. The van der Waals surface area contributed by atoms with Crippen LogP contribution in [0.4, 0.5) is 0 Å². The number of hydrogen-bond donors (Lipinski definition) is 0. The molecule has 2 bridgehead atoms. The van der Waals surface area contributed by atoms with Gasteiger partial charge in [0.05, 0.1) is 0 Å². The van der Waals surface area contributed by atoms with Gasteiger partial charge in [-0.1, -0.05) is 43.4 Å². The molecule has 0 radical (unpaired) electrons. The maximum Gasteiger partial charge on any atom is -0.00933 e. The summed E-state index contributed by atoms with van der Waals surface area (Å²) in [4.78, 5) is 0. The molecule has 0 heterocycles. The zero-order valence-electron chi connectivity index (χ0n) is 10.6. The molecule has 0 N–H and O–H groups in total. The van der Waals surface area contributed by atoms with Crippen molar-refractivity contribution in [2.24, 2.45) is 17.8 Å². The summed E-state index contributed by atoms with van der Waals surface area (Å²) in [5, 5.41) is 0. The molecule has 0 aliphatic heterocycles. The van der Waals surface area contributed by atoms with Crippen LogP contribution in [-0.2, 0) is 0 Å². The van der Waals surface area contributed by atoms with E-state index in [0.717, 1.165) is 11.8 Å². The monoisotopic (exact) mass is 214 g/mol. The van der Waals surface area contributed by atoms with Crippen molar-refractivity contribution in [3.8, 4) is 0 Å². The van der Waals surface area contributed by atoms with Gasteiger partial charge in [-0.05, 0) is 55.6 Å². The molecule has 0 spiro atoms. The van der Waals surface area contributed by atoms with Crippen molar-refractivity contribution in [1.82, 2.24) is 0 Å². The quantitative estimate of drug-likeness (QED) is 0.586. The number of fused-ring (bicyclic) bond motifs is 2. The van der Waals surface area contributed by atoms with Gasteiger partial charge in [0.1, 0.15) is 0 Å². The smallest absolute Gasteiger partial charge is 0.00933 e. The molecule has 0 nitrogen and oxygen atoms in total. The van der Waals surface area contributed by atoms with Gasteiger partial charge in [0.25, 0.3) is 0 Å². The van der Waals surface area contributed by atoms with Crippen molar-refractivity contribution in [2.75, 3.05) is 0 Å². The Bertz CT molecular complexity index is 361. The molecular weight excluding hydrogens is 192 g/mol. The second-order valence-electron chi connectivity index (χ2n) is 5.03. The molecule has 0 fully saturated rings. The number of allylic oxidation sites excluding steroid dienone is 8. The Labute approximate surface area is 99.4 Å². The molecule has 86 valence electrons. The lowest BCUT2D eigenvalue weighted by atomic mass is 9.68. The van der Waals surface area contributed by atoms with Crippen LogP contribution in [0.25, 0.3) is 0 Å². The highest BCUT2D eigenvalue weighted by atomic mass is 14.4. The van der Waals surface area contributed by atoms with Crippen molar-refractivity contribution < 1.29 is 0 Å². The maximum atomic E-state index is 2.43. The van der Waals surface area contributed by atoms with Gasteiger partial charge in [0.15, 0.2) is 0 Å². The van der Waals surface area contributed by atoms with E-state index in [-0.39, 0.29) is 0 Å². The van der Waals surface area contributed by atoms with Crippen molar-refractivity contribution in [3.05, 3.63) is 47.6 Å². The summed E-state index contributed by atoms with van der Waals surface area (Å²) in [5.74, 6) is 2.22. The summed E-state index contributed by atoms with van der Waals surface area (Å²) in [6, 6.07) is 0. The standard InChI is InChI=1S/C16H22/c1-4-6-14-10-13-9-8-12(3)16(11-13)15(14)7-5-2/h4-9,12-13,16H,10-11H2,1-3H3/b6-4-,7-5-/t12?,13-,16?/m0/s1. The Morgan fingerprint density at radius 3 is 2.56 bits per heavy atom. The molecule has 0 saturated carbocycles. The van der Waals surface area contributed by atoms with Crippen LogP contribution < -0.4 is 0 Å². The number of hydrogen-bond acceptors (Lipinski definition) is 0. The lowest BCUT2D eigenvalue weighted by Gasteiger charge is -2.37. The summed E-state index contributed by atoms with van der Waals surface area (Å²) >= 11 is 0. The highest BCUT2D eigenvalue weighted by Gasteiger charge is 2.31. The van der Waals surface area contributed by atoms with Gasteiger partial charge < -0.3 is 0 Å². The molecular formula is C16H22. The molecule has 0 heteroatoms. The van der Waals surface area contributed by atoms with Crippen LogP contribution in [0, 0.1) is 17.8 Å². The predicted molar refractivity (Wildman–Crippen MR) is 71.2 cm³/mol. The van der Waals surface area contributed by atoms with Crippen molar-refractivity contribution in [2.45, 2.75) is 33.6 Å². The van der Waals surface area contributed by atoms with E-state index in [4.69, 9.17) is 0 Å². The second-order valence-corrected chi connectivity index (χ2v) is 5.03. The molecule has 0 aromatic heterocycles. The van der Waals surface area contributed by atoms with E-state index >= 15 is 0 Å². The molecule has 2 aliphatic rings. The van der Waals surface area contributed by atoms with Crippen LogP contribution in [0.2, 0.25) is 0 Å². The zero-order valence-corrected chi connectivity index (χ0v) is 10.6. The maximum absolute atomic E-state index is 2.43. The van der Waals surface area contributed by atoms with Crippen LogP contribution in [0.15, 0.2) is 47.6 Å². The van der Waals surface area contributed by atoms with Crippen molar-refractivity contribution in [3.63, 3.8) is 0 Å². The van der Waals surface area contributed by atoms with Gasteiger partial charge in [-0.15, -0.1) is 0 Å². The van der Waals surface area contributed by atoms with E-state index in [2.05, 4.69) is 57.2 Å². The highest BCUT2D eigenvalue weighted by molar-refractivity contribution is 5.39. The fourth-order valence-corrected chi connectivity index (χ4v) is 3.06. The normalized spacial score (nSPS) is 34.3. The molecule has 16 heavy (non-hydrogen) atoms. The Balaban J connectivity index is 2.40. The van der Waals surface area contributed by atoms with Gasteiger partial charge in [-0.2, -0.15) is 0 Å². The summed E-state index contributed by atoms with van der Waals surface area (Å²) in [6.45, 7) is 6.58. The van der Waals surface area contributed by atoms with Crippen LogP contribution in [0.3, 0.4) is 0 Å². The fourth-order valence-electron chi connectivity index (χ4n) is 3.06. The van der Waals surface area contributed by atoms with Gasteiger partial charge in [-0.3, -0.25) is 0 Å². The highest BCUT2D eigenvalue weighted by Crippen LogP contribution is 2.43. The first-order valence-corrected chi connectivity index (χ1v) is 6.43. The van der Waals surface area contributed by atoms with Crippen LogP contribution >= 0.6 is 0 Å². The third-order valence-electron chi connectivity index (χ3n) is 3.84. The van der Waals surface area contributed by atoms with Gasteiger partial charge in [0, 0.05) is 0 Å². The molecule has 3 atom stereocenters. The van der Waals surface area contributed by atoms with Crippen LogP contribution in [0.1, 0.15) is 33.6 Å². The first-order chi connectivity index (χ1) is 7.76. The van der Waals surface area contributed by atoms with E-state index in [1.54, 1.807) is 11.1 Å². The SMILES string of the molecule is C/C=C\C1=C(/C=C\C)C2C[C@@H](C=CC2C)C1. The van der Waals surface area contributed by atoms with E-state index in [1.165, 1.54) is 12.8 Å². The molecule has 2 unspecified atom stereocenters. The Kier molecular flexibility index (Phi) is 3.48. The lowest BCUT2D eigenvalue weighted by Crippen LogP contribution is -2.25. The molecule has 0 aromatic rings. The molecule has 0 saturated heterocycles. The van der Waals surface area contributed by atoms with Gasteiger partial charge in [0.2, 0.25) is 0 Å². The summed E-state index contributed by atoms with van der Waals surface area (Å²) in [7, 11) is 0. The van der Waals surface area contributed by atoms with E-state index in [0.29, 0.717) is 5.92 Å². The molecule has 0 amide bonds. The minimum Gasteiger partial charge on any atom is -0.0874 e. The first kappa shape index (κ1) is 11.4. The third-order valence-corrected chi connectivity index (χ3v) is 3.84. The topological polar surface area (TPSA) is 0 Å². The van der Waals surface area contributed by atoms with Crippen LogP contribution in [0.5, 0.6) is 0 Å². The molecule has 0 aromatic carbocycles. The Morgan fingerprint density at radius 2 is 1.88 bits per heavy atom. The average Bonchev–Trinajstić information content (AvgIpc) is 2.28. The predicted octanol–water partition coefficient (Wildman–Crippen LogP) is 4.67. The minimum atomic E-state index is 0.697. The summed E-state index contributed by atoms with van der Waals surface area (Å²) in [5.41, 5.74) is 3.13. The third kappa shape index (κ3) is 2.07.